The molecule has 32 heteroatoms. The van der Waals surface area contributed by atoms with Crippen LogP contribution in [-0.2, 0) is 47.9 Å². The first-order chi connectivity index (χ1) is 34.3. The number of aliphatic imine (C=N–C) groups is 1. The van der Waals surface area contributed by atoms with Crippen molar-refractivity contribution < 1.29 is 78.5 Å². The third-order valence-corrected chi connectivity index (χ3v) is 11.4. The molecule has 0 aromatic carbocycles. The Morgan fingerprint density at radius 1 is 0.630 bits per heavy atom. The van der Waals surface area contributed by atoms with Crippen molar-refractivity contribution >= 4 is 77.0 Å². The Labute approximate surface area is 425 Å². The van der Waals surface area contributed by atoms with Crippen LogP contribution in [0.5, 0.6) is 0 Å². The number of amides is 6. The van der Waals surface area contributed by atoms with Crippen LogP contribution < -0.4 is 43.1 Å². The molecule has 1 saturated heterocycles. The maximum absolute atomic E-state index is 13.7. The lowest BCUT2D eigenvalue weighted by Gasteiger charge is -2.33. The molecule has 0 aliphatic carbocycles. The highest BCUT2D eigenvalue weighted by molar-refractivity contribution is 7.98. The van der Waals surface area contributed by atoms with E-state index in [1.54, 1.807) is 45.1 Å². The third kappa shape index (κ3) is 29.0. The van der Waals surface area contributed by atoms with Crippen LogP contribution >= 0.6 is 11.8 Å². The first-order valence-corrected chi connectivity index (χ1v) is 24.6. The van der Waals surface area contributed by atoms with Crippen LogP contribution in [0.4, 0.5) is 0 Å². The van der Waals surface area contributed by atoms with E-state index < -0.39 is 114 Å². The number of nitrogens with zero attached hydrogens (tertiary/aromatic N) is 6. The molecule has 1 heterocycles. The fraction of sp³-hybridized carbons (Fsp3) is 0.732. The summed E-state index contributed by atoms with van der Waals surface area (Å²) in [5.74, 6) is -10.3. The molecule has 6 amide bonds. The molecule has 1 fully saturated rings. The molecule has 0 unspecified atom stereocenters. The molecule has 1 rings (SSSR count). The quantitative estimate of drug-likeness (QED) is 0.0101. The van der Waals surface area contributed by atoms with Gasteiger partial charge < -0.3 is 63.2 Å². The van der Waals surface area contributed by atoms with Gasteiger partial charge in [-0.15, -0.1) is 0 Å². The predicted octanol–water partition coefficient (Wildman–Crippen LogP) is -6.23. The number of nitro groups is 1. The van der Waals surface area contributed by atoms with Gasteiger partial charge in [0.2, 0.25) is 35.4 Å². The molecule has 1 aliphatic rings. The Balaban J connectivity index is 3.22. The Morgan fingerprint density at radius 2 is 1.08 bits per heavy atom. The van der Waals surface area contributed by atoms with Crippen LogP contribution in [-0.4, -0.2) is 256 Å². The normalized spacial score (nSPS) is 16.7. The predicted molar refractivity (Wildman–Crippen MR) is 260 cm³/mol. The van der Waals surface area contributed by atoms with Gasteiger partial charge in [-0.25, -0.2) is 19.9 Å². The number of nitrogens with one attached hydrogen (secondary N) is 7. The van der Waals surface area contributed by atoms with E-state index in [9.17, 15) is 83.6 Å². The van der Waals surface area contributed by atoms with Crippen LogP contribution in [0, 0.1) is 16.0 Å². The maximum atomic E-state index is 13.7. The van der Waals surface area contributed by atoms with Gasteiger partial charge in [0.15, 0.2) is 5.03 Å². The Morgan fingerprint density at radius 3 is 1.52 bits per heavy atom. The number of hydrazine groups is 1. The minimum Gasteiger partial charge on any atom is -0.480 e. The molecular formula is C41H72N14O17S. The second-order valence-corrected chi connectivity index (χ2v) is 18.3. The molecule has 14 N–H and O–H groups in total. The zero-order chi connectivity index (χ0) is 55.2. The lowest BCUT2D eigenvalue weighted by atomic mass is 10.0. The summed E-state index contributed by atoms with van der Waals surface area (Å²) in [6.07, 6.45) is 1.65. The topological polar surface area (TPSA) is 451 Å². The fourth-order valence-electron chi connectivity index (χ4n) is 7.00. The first-order valence-electron chi connectivity index (χ1n) is 23.2. The standard InChI is InChI=1S/C41H72N14O17S/c1-25(2)18-29(40(69)70)47-31(57)19-44-37(66)30(24-56)49-39(68)27(6-5-8-43-41(42)50-55(71)72)48-36(65)26(3)45-38(67)28(7-17-73-4)46-32(58)20-51-9-11-52(21-33(59)60)13-15-54(23-35(63)64)16-14-53(12-10-51)22-34(61)62/h25-30,56H,5-24H2,1-4H3,(H,44,66)(H,45,67)(H,46,58)(H,47,57)(H,48,65)(H,49,68)(H,59,60)(H,61,62)(H,63,64)(H,69,70)(H3,42,43,50)/t26-,27-,28-,29-,30-/m1/s1. The molecule has 5 atom stereocenters. The Hall–Kier alpha value is -6.48. The summed E-state index contributed by atoms with van der Waals surface area (Å²) in [6, 6.07) is -7.02. The highest BCUT2D eigenvalue weighted by atomic mass is 32.2. The van der Waals surface area contributed by atoms with Gasteiger partial charge in [-0.1, -0.05) is 19.3 Å². The second kappa shape index (κ2) is 34.8. The number of thioether (sulfide) groups is 1. The molecule has 0 bridgehead atoms. The molecule has 31 nitrogen and oxygen atoms in total. The number of carboxylic acid groups (broad SMARTS) is 4. The minimum atomic E-state index is -1.69. The van der Waals surface area contributed by atoms with Gasteiger partial charge in [-0.2, -0.15) is 11.8 Å². The van der Waals surface area contributed by atoms with Crippen molar-refractivity contribution in [1.29, 1.82) is 0 Å². The van der Waals surface area contributed by atoms with Crippen LogP contribution in [0.15, 0.2) is 4.99 Å². The van der Waals surface area contributed by atoms with Gasteiger partial charge in [0.1, 0.15) is 30.2 Å². The zero-order valence-electron chi connectivity index (χ0n) is 41.4. The first kappa shape index (κ1) is 64.5. The number of aliphatic hydroxyl groups is 1. The summed E-state index contributed by atoms with van der Waals surface area (Å²) >= 11 is 1.35. The molecule has 0 aromatic rings. The number of carbonyl (C=O) groups excluding carboxylic acids is 6. The van der Waals surface area contributed by atoms with Crippen molar-refractivity contribution in [2.24, 2.45) is 16.6 Å². The van der Waals surface area contributed by atoms with Gasteiger partial charge in [0, 0.05) is 58.9 Å². The number of carbonyl (C=O) groups is 10. The van der Waals surface area contributed by atoms with Gasteiger partial charge in [0.05, 0.1) is 39.3 Å². The molecule has 0 spiro atoms. The van der Waals surface area contributed by atoms with E-state index in [1.165, 1.54) is 18.7 Å². The van der Waals surface area contributed by atoms with E-state index in [4.69, 9.17) is 5.73 Å². The molecule has 0 radical (unpaired) electrons. The average molecular weight is 1070 g/mol. The average Bonchev–Trinajstić information content (AvgIpc) is 3.29. The van der Waals surface area contributed by atoms with E-state index in [-0.39, 0.29) is 117 Å². The van der Waals surface area contributed by atoms with Crippen molar-refractivity contribution in [2.75, 3.05) is 110 Å². The van der Waals surface area contributed by atoms with E-state index in [1.807, 2.05) is 0 Å². The molecule has 73 heavy (non-hydrogen) atoms. The molecular weight excluding hydrogens is 993 g/mol. The molecule has 0 aromatic heterocycles. The number of carboxylic acids is 4. The van der Waals surface area contributed by atoms with E-state index >= 15 is 0 Å². The van der Waals surface area contributed by atoms with Crippen molar-refractivity contribution in [1.82, 2.24) is 56.9 Å². The molecule has 0 saturated carbocycles. The SMILES string of the molecule is CSCC[C@@H](NC(=O)CN1CCN(CC(=O)O)CCN(CC(=O)O)CCN(CC(=O)O)CC1)C(=O)N[C@H](C)C(=O)N[C@H](CCCN=C(N)N[N+](=O)[O-])C(=O)N[C@H](CO)C(=O)NCC(=O)N[C@H](CC(C)C)C(=O)O. The molecule has 414 valence electrons. The molecule has 1 aliphatic heterocycles. The lowest BCUT2D eigenvalue weighted by Crippen LogP contribution is -2.58. The van der Waals surface area contributed by atoms with E-state index in [0.717, 1.165) is 0 Å². The van der Waals surface area contributed by atoms with E-state index in [0.29, 0.717) is 5.75 Å². The van der Waals surface area contributed by atoms with Gasteiger partial charge >= 0.3 is 23.9 Å². The minimum absolute atomic E-state index is 0.0448. The summed E-state index contributed by atoms with van der Waals surface area (Å²) in [7, 11) is 0. The second-order valence-electron chi connectivity index (χ2n) is 17.3. The van der Waals surface area contributed by atoms with Gasteiger partial charge in [0.25, 0.3) is 5.96 Å². The highest BCUT2D eigenvalue weighted by Crippen LogP contribution is 2.07. The van der Waals surface area contributed by atoms with E-state index in [2.05, 4.69) is 36.9 Å². The van der Waals surface area contributed by atoms with Crippen molar-refractivity contribution in [2.45, 2.75) is 76.7 Å². The van der Waals surface area contributed by atoms with Crippen molar-refractivity contribution in [3.63, 3.8) is 0 Å². The summed E-state index contributed by atoms with van der Waals surface area (Å²) < 4.78 is 0. The Bertz CT molecular complexity index is 1890. The van der Waals surface area contributed by atoms with Crippen molar-refractivity contribution in [3.05, 3.63) is 10.1 Å². The monoisotopic (exact) mass is 1060 g/mol. The lowest BCUT2D eigenvalue weighted by molar-refractivity contribution is -0.525. The van der Waals surface area contributed by atoms with Crippen LogP contribution in [0.2, 0.25) is 0 Å². The third-order valence-electron chi connectivity index (χ3n) is 10.7. The summed E-state index contributed by atoms with van der Waals surface area (Å²) in [5, 5.41) is 72.0. The number of hydrogen-bond donors (Lipinski definition) is 13. The van der Waals surface area contributed by atoms with Gasteiger partial charge in [-0.05, 0) is 50.5 Å². The maximum Gasteiger partial charge on any atom is 0.326 e. The zero-order valence-corrected chi connectivity index (χ0v) is 42.2. The number of guanidine groups is 1. The van der Waals surface area contributed by atoms with Gasteiger partial charge in [-0.3, -0.25) is 62.8 Å². The largest absolute Gasteiger partial charge is 0.480 e. The van der Waals surface area contributed by atoms with Crippen LogP contribution in [0.25, 0.3) is 0 Å². The van der Waals surface area contributed by atoms with Crippen LogP contribution in [0.3, 0.4) is 0 Å². The number of rotatable bonds is 31. The summed E-state index contributed by atoms with van der Waals surface area (Å²) in [6.45, 7) is 2.55. The summed E-state index contributed by atoms with van der Waals surface area (Å²) in [4.78, 5) is 147. The van der Waals surface area contributed by atoms with Crippen LogP contribution in [0.1, 0.15) is 46.5 Å². The highest BCUT2D eigenvalue weighted by Gasteiger charge is 2.31. The van der Waals surface area contributed by atoms with Crippen molar-refractivity contribution in [3.8, 4) is 0 Å². The Kier molecular flexibility index (Phi) is 30.8. The number of aliphatic carboxylic acids is 4. The smallest absolute Gasteiger partial charge is 0.326 e. The number of hydrogen-bond acceptors (Lipinski definition) is 19. The summed E-state index contributed by atoms with van der Waals surface area (Å²) in [5.41, 5.74) is 7.10. The number of nitrogens with two attached hydrogens (primary N) is 1. The fourth-order valence-corrected chi connectivity index (χ4v) is 7.47. The number of aliphatic hydroxyl groups excluding tert-OH is 1.